The lowest BCUT2D eigenvalue weighted by Crippen LogP contribution is -2.56. The van der Waals surface area contributed by atoms with E-state index in [0.29, 0.717) is 36.5 Å². The Morgan fingerprint density at radius 1 is 1.10 bits per heavy atom. The van der Waals surface area contributed by atoms with Crippen molar-refractivity contribution in [2.75, 3.05) is 13.2 Å². The van der Waals surface area contributed by atoms with Crippen LogP contribution in [-0.2, 0) is 14.3 Å². The molecule has 4 heteroatoms. The summed E-state index contributed by atoms with van der Waals surface area (Å²) in [5, 5.41) is 9.82. The number of rotatable bonds is 2. The van der Waals surface area contributed by atoms with Crippen LogP contribution < -0.4 is 0 Å². The largest absolute Gasteiger partial charge is 0.347 e. The van der Waals surface area contributed by atoms with Crippen molar-refractivity contribution in [3.63, 3.8) is 0 Å². The van der Waals surface area contributed by atoms with Gasteiger partial charge in [0, 0.05) is 17.3 Å². The molecule has 0 amide bonds. The number of carbonyl (C=O) groups is 1. The van der Waals surface area contributed by atoms with Gasteiger partial charge in [-0.1, -0.05) is 45.4 Å². The topological polar surface area (TPSA) is 59.3 Å². The number of Topliss-reactive ketones (excluding diaryl/α,β-unsaturated/α-hetero) is 1. The Hall–Kier alpha value is -1.44. The highest BCUT2D eigenvalue weighted by molar-refractivity contribution is 6.06. The molecule has 30 heavy (non-hydrogen) atoms. The number of allylic oxidation sites excluding steroid dienone is 4. The van der Waals surface area contributed by atoms with E-state index in [2.05, 4.69) is 45.9 Å². The Kier molecular flexibility index (Phi) is 4.45. The van der Waals surface area contributed by atoms with Gasteiger partial charge in [0.15, 0.2) is 11.6 Å². The third kappa shape index (κ3) is 2.21. The number of ether oxygens (including phenoxy) is 2. The van der Waals surface area contributed by atoms with E-state index in [1.165, 1.54) is 5.57 Å². The van der Waals surface area contributed by atoms with Crippen molar-refractivity contribution in [3.8, 4) is 6.07 Å². The van der Waals surface area contributed by atoms with Crippen LogP contribution >= 0.6 is 0 Å². The number of hydrogen-bond acceptors (Lipinski definition) is 4. The summed E-state index contributed by atoms with van der Waals surface area (Å²) >= 11 is 0. The third-order valence-electron chi connectivity index (χ3n) is 10.1. The minimum atomic E-state index is -0.505. The van der Waals surface area contributed by atoms with Crippen molar-refractivity contribution in [1.82, 2.24) is 0 Å². The monoisotopic (exact) mass is 409 g/mol. The standard InChI is InChI=1S/C26H35NO3/c1-5-25(6-2)21-8-7-18-19(23(21,3)15-17(16-27)22(25)28)9-11-24(4)20(18)10-12-26(24)29-13-14-30-26/h8,15,18-20H,5-7,9-14H2,1-4H3/t18-,19+,20+,23-,24+/m1/s1. The van der Waals surface area contributed by atoms with E-state index in [9.17, 15) is 10.1 Å². The molecule has 0 radical (unpaired) electrons. The maximum Gasteiger partial charge on any atom is 0.183 e. The van der Waals surface area contributed by atoms with Crippen molar-refractivity contribution in [1.29, 1.82) is 5.26 Å². The van der Waals surface area contributed by atoms with Crippen LogP contribution in [0.4, 0.5) is 0 Å². The lowest BCUT2D eigenvalue weighted by atomic mass is 9.44. The highest BCUT2D eigenvalue weighted by atomic mass is 16.7. The number of nitriles is 1. The number of carbonyl (C=O) groups excluding carboxylic acids is 1. The van der Waals surface area contributed by atoms with Crippen LogP contribution in [0.15, 0.2) is 23.3 Å². The van der Waals surface area contributed by atoms with Crippen molar-refractivity contribution in [2.24, 2.45) is 34.0 Å². The molecule has 0 aromatic carbocycles. The predicted molar refractivity (Wildman–Crippen MR) is 114 cm³/mol. The SMILES string of the molecule is CCC1(CC)C(=O)C(C#N)=C[C@@]2(C)C1=CC[C@@H]1[C@@H]2CC[C@@]2(C)[C@H]1CCC21OCCO1. The molecule has 5 rings (SSSR count). The normalized spacial score (nSPS) is 43.3. The van der Waals surface area contributed by atoms with Crippen LogP contribution in [0.1, 0.15) is 72.6 Å². The van der Waals surface area contributed by atoms with Gasteiger partial charge < -0.3 is 9.47 Å². The van der Waals surface area contributed by atoms with Gasteiger partial charge in [0.1, 0.15) is 6.07 Å². The Morgan fingerprint density at radius 3 is 2.40 bits per heavy atom. The van der Waals surface area contributed by atoms with Crippen LogP contribution in [0.25, 0.3) is 0 Å². The molecule has 0 unspecified atom stereocenters. The Bertz CT molecular complexity index is 869. The van der Waals surface area contributed by atoms with E-state index in [1.54, 1.807) is 0 Å². The van der Waals surface area contributed by atoms with E-state index in [4.69, 9.17) is 9.47 Å². The molecular formula is C26H35NO3. The fraction of sp³-hybridized carbons (Fsp3) is 0.769. The molecule has 2 saturated carbocycles. The van der Waals surface area contributed by atoms with Gasteiger partial charge >= 0.3 is 0 Å². The molecule has 0 aromatic rings. The zero-order valence-corrected chi connectivity index (χ0v) is 18.9. The molecule has 5 atom stereocenters. The van der Waals surface area contributed by atoms with Gasteiger partial charge in [0.05, 0.1) is 24.2 Å². The molecule has 1 aliphatic heterocycles. The van der Waals surface area contributed by atoms with Crippen LogP contribution in [0.3, 0.4) is 0 Å². The molecule has 1 heterocycles. The van der Waals surface area contributed by atoms with Crippen LogP contribution in [-0.4, -0.2) is 24.8 Å². The molecule has 0 N–H and O–H groups in total. The minimum Gasteiger partial charge on any atom is -0.347 e. The van der Waals surface area contributed by atoms with Crippen molar-refractivity contribution in [3.05, 3.63) is 23.3 Å². The molecule has 162 valence electrons. The second-order valence-corrected chi connectivity index (χ2v) is 10.7. The van der Waals surface area contributed by atoms with Gasteiger partial charge in [-0.15, -0.1) is 0 Å². The quantitative estimate of drug-likeness (QED) is 0.577. The zero-order valence-electron chi connectivity index (χ0n) is 18.9. The first-order valence-corrected chi connectivity index (χ1v) is 12.0. The summed E-state index contributed by atoms with van der Waals surface area (Å²) in [5.74, 6) is 1.26. The molecule has 3 fully saturated rings. The lowest BCUT2D eigenvalue weighted by Gasteiger charge is -2.59. The maximum atomic E-state index is 13.3. The van der Waals surface area contributed by atoms with E-state index >= 15 is 0 Å². The van der Waals surface area contributed by atoms with Gasteiger partial charge in [0.2, 0.25) is 0 Å². The summed E-state index contributed by atoms with van der Waals surface area (Å²) in [5.41, 5.74) is 1.04. The second kappa shape index (κ2) is 6.53. The van der Waals surface area contributed by atoms with Gasteiger partial charge in [-0.25, -0.2) is 0 Å². The average molecular weight is 410 g/mol. The second-order valence-electron chi connectivity index (χ2n) is 10.7. The fourth-order valence-electron chi connectivity index (χ4n) is 8.60. The molecule has 4 aliphatic carbocycles. The number of fused-ring (bicyclic) bond motifs is 6. The third-order valence-corrected chi connectivity index (χ3v) is 10.1. The Balaban J connectivity index is 1.60. The summed E-state index contributed by atoms with van der Waals surface area (Å²) < 4.78 is 12.5. The highest BCUT2D eigenvalue weighted by Crippen LogP contribution is 2.69. The Morgan fingerprint density at radius 2 is 1.77 bits per heavy atom. The first-order chi connectivity index (χ1) is 14.3. The summed E-state index contributed by atoms with van der Waals surface area (Å²) in [7, 11) is 0. The van der Waals surface area contributed by atoms with Crippen molar-refractivity contribution < 1.29 is 14.3 Å². The number of nitrogens with zero attached hydrogens (tertiary/aromatic N) is 1. The molecule has 0 bridgehead atoms. The average Bonchev–Trinajstić information content (AvgIpc) is 3.34. The molecule has 1 spiro atoms. The predicted octanol–water partition coefficient (Wildman–Crippen LogP) is 5.35. The van der Waals surface area contributed by atoms with Crippen LogP contribution in [0.5, 0.6) is 0 Å². The number of ketones is 1. The van der Waals surface area contributed by atoms with Crippen molar-refractivity contribution >= 4 is 5.78 Å². The van der Waals surface area contributed by atoms with Gasteiger partial charge in [-0.2, -0.15) is 5.26 Å². The minimum absolute atomic E-state index is 0.0467. The van der Waals surface area contributed by atoms with E-state index in [1.807, 2.05) is 0 Å². The zero-order chi connectivity index (χ0) is 21.4. The summed E-state index contributed by atoms with van der Waals surface area (Å²) in [6.45, 7) is 10.4. The molecule has 4 nitrogen and oxygen atoms in total. The fourth-order valence-corrected chi connectivity index (χ4v) is 8.60. The highest BCUT2D eigenvalue weighted by Gasteiger charge is 2.67. The summed E-state index contributed by atoms with van der Waals surface area (Å²) in [6.07, 6.45) is 11.4. The molecule has 5 aliphatic rings. The Labute approximate surface area is 180 Å². The summed E-state index contributed by atoms with van der Waals surface area (Å²) in [6, 6.07) is 2.27. The first-order valence-electron chi connectivity index (χ1n) is 12.0. The van der Waals surface area contributed by atoms with Crippen LogP contribution in [0.2, 0.25) is 0 Å². The summed E-state index contributed by atoms with van der Waals surface area (Å²) in [4.78, 5) is 13.3. The molecule has 0 aromatic heterocycles. The number of hydrogen-bond donors (Lipinski definition) is 0. The van der Waals surface area contributed by atoms with Crippen LogP contribution in [0, 0.1) is 45.3 Å². The molecule has 1 saturated heterocycles. The first kappa shape index (κ1) is 20.5. The molecular weight excluding hydrogens is 374 g/mol. The van der Waals surface area contributed by atoms with E-state index < -0.39 is 5.41 Å². The van der Waals surface area contributed by atoms with Gasteiger partial charge in [-0.3, -0.25) is 4.79 Å². The van der Waals surface area contributed by atoms with Gasteiger partial charge in [0.25, 0.3) is 0 Å². The van der Waals surface area contributed by atoms with E-state index in [-0.39, 0.29) is 22.4 Å². The lowest BCUT2D eigenvalue weighted by molar-refractivity contribution is -0.241. The van der Waals surface area contributed by atoms with Gasteiger partial charge in [-0.05, 0) is 56.3 Å². The van der Waals surface area contributed by atoms with Crippen molar-refractivity contribution in [2.45, 2.75) is 78.4 Å². The maximum absolute atomic E-state index is 13.3. The smallest absolute Gasteiger partial charge is 0.183 e. The van der Waals surface area contributed by atoms with E-state index in [0.717, 1.165) is 44.9 Å².